The number of nitrogens with one attached hydrogen (secondary N) is 1. The molecule has 0 heterocycles. The van der Waals surface area contributed by atoms with Gasteiger partial charge in [-0.05, 0) is 24.2 Å². The van der Waals surface area contributed by atoms with E-state index < -0.39 is 0 Å². The molecule has 0 spiro atoms. The fourth-order valence-electron chi connectivity index (χ4n) is 0.687. The van der Waals surface area contributed by atoms with Gasteiger partial charge in [0.2, 0.25) is 5.91 Å². The van der Waals surface area contributed by atoms with Gasteiger partial charge in [0, 0.05) is 12.6 Å². The monoisotopic (exact) mass is 168 g/mol. The lowest BCUT2D eigenvalue weighted by molar-refractivity contribution is -0.114. The first kappa shape index (κ1) is 5.19. The summed E-state index contributed by atoms with van der Waals surface area (Å²) in [4.78, 5) is 10.8. The van der Waals surface area contributed by atoms with Crippen molar-refractivity contribution in [3.8, 4) is 5.75 Å². The number of anilines is 1. The standard InChI is InChI=1S/C9H11NO2/c1-7(11)10-8-3-5-9(12-2)6-4-8/h3-6H,1-2H3,(H,10,11)/i3D,4D,5D. The van der Waals surface area contributed by atoms with Gasteiger partial charge in [0.15, 0.2) is 0 Å². The van der Waals surface area contributed by atoms with Gasteiger partial charge in [0.05, 0.1) is 11.2 Å². The van der Waals surface area contributed by atoms with E-state index >= 15 is 0 Å². The van der Waals surface area contributed by atoms with Crippen molar-refractivity contribution in [1.82, 2.24) is 0 Å². The Morgan fingerprint density at radius 3 is 2.92 bits per heavy atom. The summed E-state index contributed by atoms with van der Waals surface area (Å²) in [6, 6.07) is 0.904. The van der Waals surface area contributed by atoms with Gasteiger partial charge >= 0.3 is 0 Å². The second-order valence-electron chi connectivity index (χ2n) is 2.16. The van der Waals surface area contributed by atoms with E-state index in [1.165, 1.54) is 20.1 Å². The molecule has 1 rings (SSSR count). The number of carbonyl (C=O) groups excluding carboxylic acids is 1. The molecule has 1 aromatic carbocycles. The highest BCUT2D eigenvalue weighted by Crippen LogP contribution is 2.14. The number of ether oxygens (including phenoxy) is 1. The summed E-state index contributed by atoms with van der Waals surface area (Å²) < 4.78 is 27.5. The Morgan fingerprint density at radius 2 is 2.33 bits per heavy atom. The first-order valence-corrected chi connectivity index (χ1v) is 3.39. The van der Waals surface area contributed by atoms with Crippen molar-refractivity contribution in [2.45, 2.75) is 6.92 Å². The normalized spacial score (nSPS) is 12.7. The summed E-state index contributed by atoms with van der Waals surface area (Å²) in [6.45, 7) is 1.28. The minimum absolute atomic E-state index is 0.0355. The summed E-state index contributed by atoms with van der Waals surface area (Å²) in [6.07, 6.45) is 0. The second-order valence-corrected chi connectivity index (χ2v) is 2.16. The van der Waals surface area contributed by atoms with Crippen molar-refractivity contribution in [3.63, 3.8) is 0 Å². The predicted octanol–water partition coefficient (Wildman–Crippen LogP) is 1.65. The molecule has 0 fully saturated rings. The van der Waals surface area contributed by atoms with Gasteiger partial charge in [0.1, 0.15) is 5.75 Å². The quantitative estimate of drug-likeness (QED) is 0.729. The third-order valence-electron chi connectivity index (χ3n) is 1.18. The Kier molecular flexibility index (Phi) is 1.63. The van der Waals surface area contributed by atoms with Gasteiger partial charge in [-0.25, -0.2) is 0 Å². The molecule has 12 heavy (non-hydrogen) atoms. The molecule has 0 radical (unpaired) electrons. The molecule has 3 nitrogen and oxygen atoms in total. The smallest absolute Gasteiger partial charge is 0.221 e. The van der Waals surface area contributed by atoms with Crippen molar-refractivity contribution in [3.05, 3.63) is 24.2 Å². The fraction of sp³-hybridized carbons (Fsp3) is 0.222. The fourth-order valence-corrected chi connectivity index (χ4v) is 0.687. The number of carbonyl (C=O) groups is 1. The van der Waals surface area contributed by atoms with E-state index in [1.807, 2.05) is 0 Å². The van der Waals surface area contributed by atoms with E-state index in [0.29, 0.717) is 0 Å². The highest BCUT2D eigenvalue weighted by Gasteiger charge is 1.94. The van der Waals surface area contributed by atoms with E-state index in [-0.39, 0.29) is 35.5 Å². The zero-order valence-corrected chi connectivity index (χ0v) is 6.89. The molecule has 1 aromatic rings. The molecule has 1 N–H and O–H groups in total. The lowest BCUT2D eigenvalue weighted by Gasteiger charge is -2.02. The van der Waals surface area contributed by atoms with E-state index in [2.05, 4.69) is 5.32 Å². The van der Waals surface area contributed by atoms with Crippen molar-refractivity contribution in [1.29, 1.82) is 0 Å². The number of rotatable bonds is 2. The summed E-state index contributed by atoms with van der Waals surface area (Å²) >= 11 is 0. The Bertz CT molecular complexity index is 407. The van der Waals surface area contributed by atoms with Crippen LogP contribution < -0.4 is 10.1 Å². The van der Waals surface area contributed by atoms with Crippen LogP contribution in [0.25, 0.3) is 0 Å². The number of amides is 1. The second kappa shape index (κ2) is 3.76. The maximum Gasteiger partial charge on any atom is 0.221 e. The molecule has 0 bridgehead atoms. The molecule has 0 saturated carbocycles. The van der Waals surface area contributed by atoms with Crippen LogP contribution in [-0.4, -0.2) is 13.0 Å². The lowest BCUT2D eigenvalue weighted by Crippen LogP contribution is -2.05. The topological polar surface area (TPSA) is 38.3 Å². The van der Waals surface area contributed by atoms with Crippen LogP contribution in [0, 0.1) is 0 Å². The minimum atomic E-state index is -0.374. The van der Waals surface area contributed by atoms with Crippen LogP contribution in [0.3, 0.4) is 0 Å². The molecule has 1 amide bonds. The molecular formula is C9H11NO2. The molecule has 0 saturated heterocycles. The Hall–Kier alpha value is -1.51. The van der Waals surface area contributed by atoms with E-state index in [4.69, 9.17) is 8.85 Å². The van der Waals surface area contributed by atoms with Crippen LogP contribution in [-0.2, 0) is 4.79 Å². The maximum absolute atomic E-state index is 10.8. The van der Waals surface area contributed by atoms with E-state index in [9.17, 15) is 4.79 Å². The molecule has 64 valence electrons. The van der Waals surface area contributed by atoms with Crippen LogP contribution in [0.5, 0.6) is 5.75 Å². The van der Waals surface area contributed by atoms with E-state index in [1.54, 1.807) is 0 Å². The number of hydrogen-bond acceptors (Lipinski definition) is 2. The van der Waals surface area contributed by atoms with Crippen molar-refractivity contribution in [2.75, 3.05) is 12.4 Å². The molecular weight excluding hydrogens is 154 g/mol. The van der Waals surface area contributed by atoms with Crippen LogP contribution in [0.1, 0.15) is 11.0 Å². The van der Waals surface area contributed by atoms with Gasteiger partial charge in [-0.1, -0.05) is 0 Å². The third-order valence-corrected chi connectivity index (χ3v) is 1.18. The summed E-state index contributed by atoms with van der Waals surface area (Å²) in [7, 11) is 1.37. The number of benzene rings is 1. The van der Waals surface area contributed by atoms with Crippen LogP contribution in [0.15, 0.2) is 24.2 Å². The van der Waals surface area contributed by atoms with Gasteiger partial charge in [-0.2, -0.15) is 0 Å². The predicted molar refractivity (Wildman–Crippen MR) is 47.3 cm³/mol. The van der Waals surface area contributed by atoms with Gasteiger partial charge < -0.3 is 10.1 Å². The molecule has 3 heteroatoms. The molecule has 0 unspecified atom stereocenters. The first-order chi connectivity index (χ1) is 6.97. The van der Waals surface area contributed by atoms with Crippen LogP contribution >= 0.6 is 0 Å². The van der Waals surface area contributed by atoms with Gasteiger partial charge in [-0.15, -0.1) is 0 Å². The average Bonchev–Trinajstić information content (AvgIpc) is 2.18. The van der Waals surface area contributed by atoms with Crippen LogP contribution in [0.2, 0.25) is 0 Å². The number of methoxy groups -OCH3 is 1. The molecule has 0 aromatic heterocycles. The summed E-state index contributed by atoms with van der Waals surface area (Å²) in [5.41, 5.74) is 0.0355. The molecule has 0 aliphatic rings. The third kappa shape index (κ3) is 2.27. The van der Waals surface area contributed by atoms with Gasteiger partial charge in [-0.3, -0.25) is 4.79 Å². The largest absolute Gasteiger partial charge is 0.497 e. The maximum atomic E-state index is 10.8. The molecule has 0 aliphatic carbocycles. The van der Waals surface area contributed by atoms with Crippen molar-refractivity contribution in [2.24, 2.45) is 0 Å². The zero-order valence-electron chi connectivity index (χ0n) is 9.89. The van der Waals surface area contributed by atoms with E-state index in [0.717, 1.165) is 0 Å². The zero-order chi connectivity index (χ0) is 11.6. The summed E-state index contributed by atoms with van der Waals surface area (Å²) in [5, 5.41) is 2.34. The SMILES string of the molecule is [2H]c1cc(OC)c([2H])c([2H])c1NC(C)=O. The minimum Gasteiger partial charge on any atom is -0.497 e. The average molecular weight is 168 g/mol. The number of hydrogen-bond donors (Lipinski definition) is 1. The summed E-state index contributed by atoms with van der Waals surface area (Å²) in [5.74, 6) is -0.222. The molecule has 0 atom stereocenters. The van der Waals surface area contributed by atoms with Gasteiger partial charge in [0.25, 0.3) is 0 Å². The Morgan fingerprint density at radius 1 is 1.58 bits per heavy atom. The van der Waals surface area contributed by atoms with Crippen molar-refractivity contribution < 1.29 is 13.6 Å². The van der Waals surface area contributed by atoms with Crippen molar-refractivity contribution >= 4 is 11.6 Å². The highest BCUT2D eigenvalue weighted by molar-refractivity contribution is 5.88. The highest BCUT2D eigenvalue weighted by atomic mass is 16.5. The van der Waals surface area contributed by atoms with Crippen LogP contribution in [0.4, 0.5) is 5.69 Å². The Balaban J connectivity index is 3.29. The lowest BCUT2D eigenvalue weighted by atomic mass is 10.3. The Labute approximate surface area is 75.6 Å². The molecule has 0 aliphatic heterocycles. The first-order valence-electron chi connectivity index (χ1n) is 4.89.